The lowest BCUT2D eigenvalue weighted by Gasteiger charge is -1.97. The molecule has 1 aromatic heterocycles. The van der Waals surface area contributed by atoms with E-state index in [0.29, 0.717) is 12.0 Å². The molecule has 0 fully saturated rings. The molecule has 0 saturated carbocycles. The maximum absolute atomic E-state index is 11.1. The van der Waals surface area contributed by atoms with Crippen molar-refractivity contribution in [3.8, 4) is 11.8 Å². The van der Waals surface area contributed by atoms with Crippen LogP contribution in [0.1, 0.15) is 22.5 Å². The third kappa shape index (κ3) is 3.41. The largest absolute Gasteiger partial charge is 0.464 e. The molecule has 4 heteroatoms. The molecule has 1 heterocycles. The fourth-order valence-electron chi connectivity index (χ4n) is 0.945. The first-order chi connectivity index (χ1) is 7.27. The fraction of sp³-hybridized carbons (Fsp3) is 0.273. The quantitative estimate of drug-likeness (QED) is 0.567. The predicted octanol–water partition coefficient (Wildman–Crippen LogP) is 0.602. The Labute approximate surface area is 87.9 Å². The second-order valence-corrected chi connectivity index (χ2v) is 2.70. The van der Waals surface area contributed by atoms with Crippen molar-refractivity contribution in [3.63, 3.8) is 0 Å². The standard InChI is InChI=1S/C11H11NO3/c1-15-11(14)10-8-9(5-6-12-10)4-2-3-7-13/h5-6,8,13H,3,7H2,1H3. The van der Waals surface area contributed by atoms with E-state index < -0.39 is 5.97 Å². The number of carbonyl (C=O) groups excluding carboxylic acids is 1. The van der Waals surface area contributed by atoms with Crippen LogP contribution in [0.2, 0.25) is 0 Å². The number of methoxy groups -OCH3 is 1. The molecule has 1 rings (SSSR count). The number of rotatable bonds is 2. The summed E-state index contributed by atoms with van der Waals surface area (Å²) in [6.07, 6.45) is 1.91. The first-order valence-corrected chi connectivity index (χ1v) is 4.42. The average molecular weight is 205 g/mol. The third-order valence-corrected chi connectivity index (χ3v) is 1.62. The molecule has 0 aliphatic rings. The monoisotopic (exact) mass is 205 g/mol. The van der Waals surface area contributed by atoms with Gasteiger partial charge in [0, 0.05) is 18.2 Å². The smallest absolute Gasteiger partial charge is 0.356 e. The van der Waals surface area contributed by atoms with Gasteiger partial charge in [-0.05, 0) is 12.1 Å². The Morgan fingerprint density at radius 3 is 3.13 bits per heavy atom. The van der Waals surface area contributed by atoms with Crippen molar-refractivity contribution < 1.29 is 14.6 Å². The topological polar surface area (TPSA) is 59.4 Å². The molecule has 1 aromatic rings. The molecule has 0 radical (unpaired) electrons. The molecule has 0 spiro atoms. The Kier molecular flexibility index (Phi) is 4.32. The third-order valence-electron chi connectivity index (χ3n) is 1.62. The molecular formula is C11H11NO3. The Balaban J connectivity index is 2.84. The van der Waals surface area contributed by atoms with Crippen LogP contribution in [0.25, 0.3) is 0 Å². The predicted molar refractivity (Wildman–Crippen MR) is 54.2 cm³/mol. The molecule has 0 atom stereocenters. The maximum atomic E-state index is 11.1. The normalized spacial score (nSPS) is 8.93. The molecule has 0 aliphatic carbocycles. The van der Waals surface area contributed by atoms with Gasteiger partial charge in [-0.1, -0.05) is 11.8 Å². The Hall–Kier alpha value is -1.86. The van der Waals surface area contributed by atoms with Crippen molar-refractivity contribution >= 4 is 5.97 Å². The number of ether oxygens (including phenoxy) is 1. The van der Waals surface area contributed by atoms with Gasteiger partial charge in [-0.15, -0.1) is 0 Å². The van der Waals surface area contributed by atoms with Crippen molar-refractivity contribution in [1.82, 2.24) is 4.98 Å². The summed E-state index contributed by atoms with van der Waals surface area (Å²) in [5.74, 6) is 5.08. The Morgan fingerprint density at radius 1 is 1.67 bits per heavy atom. The Morgan fingerprint density at radius 2 is 2.47 bits per heavy atom. The second kappa shape index (κ2) is 5.78. The summed E-state index contributed by atoms with van der Waals surface area (Å²) < 4.78 is 4.53. The number of carbonyl (C=O) groups is 1. The van der Waals surface area contributed by atoms with Gasteiger partial charge in [-0.25, -0.2) is 9.78 Å². The summed E-state index contributed by atoms with van der Waals surface area (Å²) in [5, 5.41) is 8.54. The lowest BCUT2D eigenvalue weighted by atomic mass is 10.2. The van der Waals surface area contributed by atoms with Crippen LogP contribution in [0, 0.1) is 11.8 Å². The van der Waals surface area contributed by atoms with E-state index in [2.05, 4.69) is 21.6 Å². The highest BCUT2D eigenvalue weighted by molar-refractivity contribution is 5.87. The maximum Gasteiger partial charge on any atom is 0.356 e. The highest BCUT2D eigenvalue weighted by atomic mass is 16.5. The van der Waals surface area contributed by atoms with Crippen LogP contribution in [0.15, 0.2) is 18.3 Å². The summed E-state index contributed by atoms with van der Waals surface area (Å²) in [7, 11) is 1.30. The van der Waals surface area contributed by atoms with E-state index >= 15 is 0 Å². The average Bonchev–Trinajstić information content (AvgIpc) is 2.29. The number of aliphatic hydroxyl groups excluding tert-OH is 1. The number of pyridine rings is 1. The minimum Gasteiger partial charge on any atom is -0.464 e. The Bertz CT molecular complexity index is 404. The highest BCUT2D eigenvalue weighted by Gasteiger charge is 2.05. The van der Waals surface area contributed by atoms with Crippen molar-refractivity contribution in [1.29, 1.82) is 0 Å². The zero-order valence-electron chi connectivity index (χ0n) is 8.36. The molecule has 0 amide bonds. The van der Waals surface area contributed by atoms with Crippen molar-refractivity contribution in [2.45, 2.75) is 6.42 Å². The summed E-state index contributed by atoms with van der Waals surface area (Å²) >= 11 is 0. The molecule has 78 valence electrons. The van der Waals surface area contributed by atoms with Crippen molar-refractivity contribution in [2.75, 3.05) is 13.7 Å². The summed E-state index contributed by atoms with van der Waals surface area (Å²) in [5.41, 5.74) is 0.909. The van der Waals surface area contributed by atoms with Gasteiger partial charge in [0.2, 0.25) is 0 Å². The molecule has 0 bridgehead atoms. The van der Waals surface area contributed by atoms with Gasteiger partial charge in [0.05, 0.1) is 13.7 Å². The molecule has 0 saturated heterocycles. The van der Waals surface area contributed by atoms with Gasteiger partial charge >= 0.3 is 5.97 Å². The van der Waals surface area contributed by atoms with Crippen LogP contribution in [0.3, 0.4) is 0 Å². The zero-order chi connectivity index (χ0) is 11.1. The first kappa shape index (κ1) is 11.2. The van der Waals surface area contributed by atoms with E-state index in [9.17, 15) is 4.79 Å². The molecule has 0 unspecified atom stereocenters. The van der Waals surface area contributed by atoms with Gasteiger partial charge in [-0.2, -0.15) is 0 Å². The van der Waals surface area contributed by atoms with Crippen molar-refractivity contribution in [3.05, 3.63) is 29.6 Å². The van der Waals surface area contributed by atoms with Crippen LogP contribution in [0.4, 0.5) is 0 Å². The van der Waals surface area contributed by atoms with Crippen LogP contribution in [0.5, 0.6) is 0 Å². The van der Waals surface area contributed by atoms with Crippen molar-refractivity contribution in [2.24, 2.45) is 0 Å². The lowest BCUT2D eigenvalue weighted by molar-refractivity contribution is 0.0594. The molecular weight excluding hydrogens is 194 g/mol. The van der Waals surface area contributed by atoms with Gasteiger partial charge in [0.15, 0.2) is 0 Å². The van der Waals surface area contributed by atoms with Crippen LogP contribution < -0.4 is 0 Å². The molecule has 4 nitrogen and oxygen atoms in total. The molecule has 1 N–H and O–H groups in total. The zero-order valence-corrected chi connectivity index (χ0v) is 8.36. The van der Waals surface area contributed by atoms with Crippen LogP contribution in [-0.2, 0) is 4.74 Å². The number of aliphatic hydroxyl groups is 1. The lowest BCUT2D eigenvalue weighted by Crippen LogP contribution is -2.03. The summed E-state index contributed by atoms with van der Waals surface area (Å²) in [6, 6.07) is 3.24. The van der Waals surface area contributed by atoms with Gasteiger partial charge in [-0.3, -0.25) is 0 Å². The first-order valence-electron chi connectivity index (χ1n) is 4.42. The van der Waals surface area contributed by atoms with Gasteiger partial charge < -0.3 is 9.84 Å². The van der Waals surface area contributed by atoms with E-state index in [1.807, 2.05) is 0 Å². The minimum absolute atomic E-state index is 0.0297. The van der Waals surface area contributed by atoms with E-state index in [1.165, 1.54) is 13.3 Å². The number of esters is 1. The van der Waals surface area contributed by atoms with Gasteiger partial charge in [0.25, 0.3) is 0 Å². The number of hydrogen-bond acceptors (Lipinski definition) is 4. The SMILES string of the molecule is COC(=O)c1cc(C#CCCO)ccn1. The second-order valence-electron chi connectivity index (χ2n) is 2.70. The molecule has 0 aromatic carbocycles. The highest BCUT2D eigenvalue weighted by Crippen LogP contribution is 2.01. The fourth-order valence-corrected chi connectivity index (χ4v) is 0.945. The molecule has 15 heavy (non-hydrogen) atoms. The summed E-state index contributed by atoms with van der Waals surface area (Å²) in [4.78, 5) is 15.0. The number of hydrogen-bond donors (Lipinski definition) is 1. The number of aromatic nitrogens is 1. The van der Waals surface area contributed by atoms with E-state index in [4.69, 9.17) is 5.11 Å². The number of nitrogens with zero attached hydrogens (tertiary/aromatic N) is 1. The van der Waals surface area contributed by atoms with E-state index in [-0.39, 0.29) is 12.3 Å². The minimum atomic E-state index is -0.485. The molecule has 0 aliphatic heterocycles. The van der Waals surface area contributed by atoms with Crippen LogP contribution >= 0.6 is 0 Å². The van der Waals surface area contributed by atoms with E-state index in [1.54, 1.807) is 12.1 Å². The van der Waals surface area contributed by atoms with Crippen LogP contribution in [-0.4, -0.2) is 29.8 Å². The van der Waals surface area contributed by atoms with E-state index in [0.717, 1.165) is 0 Å². The van der Waals surface area contributed by atoms with Gasteiger partial charge in [0.1, 0.15) is 5.69 Å². The summed E-state index contributed by atoms with van der Waals surface area (Å²) in [6.45, 7) is 0.0297.